The lowest BCUT2D eigenvalue weighted by Gasteiger charge is -2.41. The van der Waals surface area contributed by atoms with Crippen LogP contribution in [0.3, 0.4) is 0 Å². The van der Waals surface area contributed by atoms with Gasteiger partial charge in [-0.05, 0) is 31.9 Å². The third kappa shape index (κ3) is 2.40. The third-order valence-corrected chi connectivity index (χ3v) is 4.26. The number of aliphatic hydroxyl groups is 1. The van der Waals surface area contributed by atoms with Gasteiger partial charge in [0.15, 0.2) is 0 Å². The van der Waals surface area contributed by atoms with Gasteiger partial charge in [-0.3, -0.25) is 4.57 Å². The Kier molecular flexibility index (Phi) is 3.04. The van der Waals surface area contributed by atoms with Crippen LogP contribution in [0.4, 0.5) is 13.2 Å². The number of fused-ring (bicyclic) bond motifs is 1. The molecule has 1 aromatic heterocycles. The van der Waals surface area contributed by atoms with Crippen LogP contribution in [0, 0.1) is 0 Å². The van der Waals surface area contributed by atoms with Gasteiger partial charge >= 0.3 is 11.9 Å². The molecule has 1 aromatic carbocycles. The predicted molar refractivity (Wildman–Crippen MR) is 74.2 cm³/mol. The van der Waals surface area contributed by atoms with E-state index in [1.807, 2.05) is 0 Å². The van der Waals surface area contributed by atoms with Gasteiger partial charge in [0.1, 0.15) is 0 Å². The number of hydrogen-bond acceptors (Lipinski definition) is 2. The van der Waals surface area contributed by atoms with Gasteiger partial charge in [0.05, 0.1) is 22.2 Å². The molecule has 4 nitrogen and oxygen atoms in total. The molecule has 1 fully saturated rings. The predicted octanol–water partition coefficient (Wildman–Crippen LogP) is 3.20. The minimum Gasteiger partial charge on any atom is -0.390 e. The Labute approximate surface area is 125 Å². The highest BCUT2D eigenvalue weighted by molar-refractivity contribution is 9.10. The van der Waals surface area contributed by atoms with Crippen molar-refractivity contribution in [1.82, 2.24) is 9.55 Å². The number of benzene rings is 1. The van der Waals surface area contributed by atoms with Crippen molar-refractivity contribution < 1.29 is 18.3 Å². The van der Waals surface area contributed by atoms with Crippen LogP contribution in [0.2, 0.25) is 0 Å². The minimum absolute atomic E-state index is 0.133. The van der Waals surface area contributed by atoms with E-state index in [1.165, 1.54) is 6.07 Å². The molecule has 2 aromatic rings. The van der Waals surface area contributed by atoms with E-state index in [4.69, 9.17) is 0 Å². The SMILES string of the molecule is C[C@]1(O)C[C@@H](n2c(=O)[nH]c3cc(Br)cc(C(F)(F)F)c32)C1. The van der Waals surface area contributed by atoms with E-state index >= 15 is 0 Å². The highest BCUT2D eigenvalue weighted by Crippen LogP contribution is 2.43. The van der Waals surface area contributed by atoms with Gasteiger partial charge in [0.2, 0.25) is 0 Å². The Balaban J connectivity index is 2.26. The van der Waals surface area contributed by atoms with Crippen molar-refractivity contribution in [3.05, 3.63) is 32.7 Å². The van der Waals surface area contributed by atoms with E-state index in [9.17, 15) is 23.1 Å². The first-order valence-corrected chi connectivity index (χ1v) is 7.11. The summed E-state index contributed by atoms with van der Waals surface area (Å²) in [6.07, 6.45) is -4.05. The molecule has 21 heavy (non-hydrogen) atoms. The average molecular weight is 365 g/mol. The number of nitrogens with zero attached hydrogens (tertiary/aromatic N) is 1. The number of H-pyrrole nitrogens is 1. The first-order chi connectivity index (χ1) is 9.58. The number of halogens is 4. The molecular weight excluding hydrogens is 353 g/mol. The molecule has 2 N–H and O–H groups in total. The normalized spacial score (nSPS) is 26.1. The lowest BCUT2D eigenvalue weighted by Crippen LogP contribution is -2.44. The standard InChI is InChI=1S/C13H12BrF3N2O2/c1-12(21)4-7(5-12)19-10-8(13(15,16)17)2-6(14)3-9(10)18-11(19)20/h2-3,7,21H,4-5H2,1H3,(H,18,20)/t7-,12+. The summed E-state index contributed by atoms with van der Waals surface area (Å²) in [5.41, 5.74) is -2.41. The lowest BCUT2D eigenvalue weighted by atomic mass is 9.77. The summed E-state index contributed by atoms with van der Waals surface area (Å²) in [4.78, 5) is 14.5. The first-order valence-electron chi connectivity index (χ1n) is 6.32. The van der Waals surface area contributed by atoms with Crippen molar-refractivity contribution in [2.75, 3.05) is 0 Å². The van der Waals surface area contributed by atoms with Crippen LogP contribution in [0.5, 0.6) is 0 Å². The summed E-state index contributed by atoms with van der Waals surface area (Å²) >= 11 is 3.02. The molecule has 0 unspecified atom stereocenters. The van der Waals surface area contributed by atoms with Crippen LogP contribution in [0.1, 0.15) is 31.4 Å². The number of hydrogen-bond donors (Lipinski definition) is 2. The maximum atomic E-state index is 13.2. The fourth-order valence-corrected chi connectivity index (χ4v) is 3.39. The zero-order valence-corrected chi connectivity index (χ0v) is 12.5. The highest BCUT2D eigenvalue weighted by atomic mass is 79.9. The molecule has 114 valence electrons. The highest BCUT2D eigenvalue weighted by Gasteiger charge is 2.43. The van der Waals surface area contributed by atoms with Gasteiger partial charge in [-0.15, -0.1) is 0 Å². The zero-order valence-electron chi connectivity index (χ0n) is 11.0. The molecule has 0 spiro atoms. The average Bonchev–Trinajstić information content (AvgIpc) is 2.58. The number of alkyl halides is 3. The quantitative estimate of drug-likeness (QED) is 0.816. The maximum absolute atomic E-state index is 13.2. The van der Waals surface area contributed by atoms with Crippen LogP contribution < -0.4 is 5.69 Å². The van der Waals surface area contributed by atoms with E-state index in [0.29, 0.717) is 0 Å². The molecule has 0 bridgehead atoms. The Hall–Kier alpha value is -1.28. The maximum Gasteiger partial charge on any atom is 0.418 e. The summed E-state index contributed by atoms with van der Waals surface area (Å²) in [6.45, 7) is 1.60. The summed E-state index contributed by atoms with van der Waals surface area (Å²) < 4.78 is 41.0. The van der Waals surface area contributed by atoms with Gasteiger partial charge < -0.3 is 10.1 Å². The zero-order chi connectivity index (χ0) is 15.6. The summed E-state index contributed by atoms with van der Waals surface area (Å²) in [5.74, 6) is 0. The van der Waals surface area contributed by atoms with Gasteiger partial charge in [0.25, 0.3) is 0 Å². The van der Waals surface area contributed by atoms with E-state index in [1.54, 1.807) is 6.92 Å². The second kappa shape index (κ2) is 4.36. The van der Waals surface area contributed by atoms with E-state index in [-0.39, 0.29) is 28.3 Å². The Morgan fingerprint density at radius 3 is 2.57 bits per heavy atom. The topological polar surface area (TPSA) is 58.0 Å². The number of rotatable bonds is 1. The van der Waals surface area contributed by atoms with Crippen LogP contribution in [0.15, 0.2) is 21.4 Å². The smallest absolute Gasteiger partial charge is 0.390 e. The summed E-state index contributed by atoms with van der Waals surface area (Å²) in [6, 6.07) is 1.98. The van der Waals surface area contributed by atoms with Gasteiger partial charge in [-0.2, -0.15) is 13.2 Å². The molecular formula is C13H12BrF3N2O2. The molecule has 1 aliphatic carbocycles. The molecule has 0 amide bonds. The molecule has 8 heteroatoms. The number of imidazole rings is 1. The Bertz CT molecular complexity index is 768. The minimum atomic E-state index is -4.56. The third-order valence-electron chi connectivity index (χ3n) is 3.80. The molecule has 1 aliphatic rings. The van der Waals surface area contributed by atoms with Crippen molar-refractivity contribution in [3.8, 4) is 0 Å². The van der Waals surface area contributed by atoms with E-state index < -0.39 is 29.1 Å². The fourth-order valence-electron chi connectivity index (χ4n) is 2.93. The van der Waals surface area contributed by atoms with Crippen molar-refractivity contribution >= 4 is 27.0 Å². The number of aromatic amines is 1. The Morgan fingerprint density at radius 2 is 2.05 bits per heavy atom. The number of nitrogens with one attached hydrogen (secondary N) is 1. The molecule has 1 heterocycles. The molecule has 1 saturated carbocycles. The molecule has 0 saturated heterocycles. The Morgan fingerprint density at radius 1 is 1.43 bits per heavy atom. The number of aromatic nitrogens is 2. The molecule has 0 aliphatic heterocycles. The van der Waals surface area contributed by atoms with Crippen LogP contribution in [0.25, 0.3) is 11.0 Å². The largest absolute Gasteiger partial charge is 0.418 e. The van der Waals surface area contributed by atoms with Gasteiger partial charge in [-0.1, -0.05) is 15.9 Å². The van der Waals surface area contributed by atoms with Crippen LogP contribution in [-0.4, -0.2) is 20.3 Å². The second-order valence-corrected chi connectivity index (χ2v) is 6.62. The molecule has 0 atom stereocenters. The first kappa shape index (κ1) is 14.6. The van der Waals surface area contributed by atoms with Crippen molar-refractivity contribution in [2.24, 2.45) is 0 Å². The summed E-state index contributed by atoms with van der Waals surface area (Å²) in [7, 11) is 0. The van der Waals surface area contributed by atoms with Crippen molar-refractivity contribution in [2.45, 2.75) is 37.6 Å². The molecule has 3 rings (SSSR count). The van der Waals surface area contributed by atoms with Crippen LogP contribution in [-0.2, 0) is 6.18 Å². The molecule has 0 radical (unpaired) electrons. The fraction of sp³-hybridized carbons (Fsp3) is 0.462. The second-order valence-electron chi connectivity index (χ2n) is 5.71. The van der Waals surface area contributed by atoms with Gasteiger partial charge in [-0.25, -0.2) is 4.79 Å². The van der Waals surface area contributed by atoms with Crippen LogP contribution >= 0.6 is 15.9 Å². The van der Waals surface area contributed by atoms with Crippen molar-refractivity contribution in [1.29, 1.82) is 0 Å². The summed E-state index contributed by atoms with van der Waals surface area (Å²) in [5, 5.41) is 9.76. The monoisotopic (exact) mass is 364 g/mol. The van der Waals surface area contributed by atoms with E-state index in [2.05, 4.69) is 20.9 Å². The van der Waals surface area contributed by atoms with E-state index in [0.717, 1.165) is 10.6 Å². The van der Waals surface area contributed by atoms with Crippen molar-refractivity contribution in [3.63, 3.8) is 0 Å². The van der Waals surface area contributed by atoms with Gasteiger partial charge in [0, 0.05) is 10.5 Å². The lowest BCUT2D eigenvalue weighted by molar-refractivity contribution is -0.136.